The first-order chi connectivity index (χ1) is 24.8. The van der Waals surface area contributed by atoms with Crippen molar-refractivity contribution in [3.05, 3.63) is 170 Å². The average Bonchev–Trinajstić information content (AvgIpc) is 3.85. The quantitative estimate of drug-likeness (QED) is 0.181. The Morgan fingerprint density at radius 1 is 0.340 bits per heavy atom. The third kappa shape index (κ3) is 4.07. The van der Waals surface area contributed by atoms with Crippen molar-refractivity contribution < 1.29 is 0 Å². The highest BCUT2D eigenvalue weighted by Crippen LogP contribution is 2.46. The molecular formula is C46H28N2S2. The number of hydrogen-bond donors (Lipinski definition) is 0. The fourth-order valence-corrected chi connectivity index (χ4v) is 10.4. The van der Waals surface area contributed by atoms with E-state index in [0.29, 0.717) is 0 Å². The number of rotatable bonds is 4. The summed E-state index contributed by atoms with van der Waals surface area (Å²) in [7, 11) is 0. The van der Waals surface area contributed by atoms with Gasteiger partial charge in [-0.15, -0.1) is 22.7 Å². The van der Waals surface area contributed by atoms with Crippen LogP contribution in [0.15, 0.2) is 170 Å². The van der Waals surface area contributed by atoms with Crippen LogP contribution in [-0.2, 0) is 0 Å². The van der Waals surface area contributed by atoms with Gasteiger partial charge in [-0.25, -0.2) is 0 Å². The van der Waals surface area contributed by atoms with Gasteiger partial charge >= 0.3 is 0 Å². The highest BCUT2D eigenvalue weighted by Gasteiger charge is 2.19. The second-order valence-corrected chi connectivity index (χ2v) is 15.0. The van der Waals surface area contributed by atoms with Crippen LogP contribution in [0, 0.1) is 0 Å². The van der Waals surface area contributed by atoms with Crippen LogP contribution in [0.25, 0.3) is 78.6 Å². The Hall–Kier alpha value is -5.94. The molecule has 4 heteroatoms. The first-order valence-electron chi connectivity index (χ1n) is 16.9. The summed E-state index contributed by atoms with van der Waals surface area (Å²) in [5.74, 6) is 0. The van der Waals surface area contributed by atoms with Gasteiger partial charge < -0.3 is 9.47 Å². The molecule has 0 fully saturated rings. The molecule has 0 N–H and O–H groups in total. The molecule has 0 bridgehead atoms. The number of benzene rings is 8. The van der Waals surface area contributed by atoms with Crippen LogP contribution in [0.1, 0.15) is 0 Å². The Morgan fingerprint density at radius 3 is 1.62 bits per heavy atom. The lowest BCUT2D eigenvalue weighted by molar-refractivity contribution is 1.18. The third-order valence-corrected chi connectivity index (χ3v) is 12.6. The molecule has 0 amide bonds. The van der Waals surface area contributed by atoms with Gasteiger partial charge in [0, 0.05) is 84.6 Å². The third-order valence-electron chi connectivity index (χ3n) is 10.2. The standard InChI is InChI=1S/C46H28N2S2/c1-3-11-29(12-4-1)47(31-20-26-42-40(27-31)33-15-7-9-17-41(33)48(42)30-13-5-2-6-14-30)32-19-21-35-37-23-25-38-39(46(37)50-44(35)28-32)24-22-36-34-16-8-10-18-43(34)49-45(36)38/h1-28H. The lowest BCUT2D eigenvalue weighted by Gasteiger charge is -2.25. The zero-order valence-corrected chi connectivity index (χ0v) is 28.5. The SMILES string of the molecule is c1ccc(N(c2ccc3c(c2)sc2c3ccc3c2ccc2c4ccccc4sc23)c2ccc3c(c2)c2ccccc2n3-c2ccccc2)cc1. The molecule has 234 valence electrons. The molecule has 0 spiro atoms. The van der Waals surface area contributed by atoms with Crippen LogP contribution < -0.4 is 4.90 Å². The van der Waals surface area contributed by atoms with Crippen molar-refractivity contribution in [2.24, 2.45) is 0 Å². The van der Waals surface area contributed by atoms with E-state index < -0.39 is 0 Å². The topological polar surface area (TPSA) is 8.17 Å². The van der Waals surface area contributed by atoms with Gasteiger partial charge in [-0.05, 0) is 66.7 Å². The fraction of sp³-hybridized carbons (Fsp3) is 0. The van der Waals surface area contributed by atoms with E-state index in [-0.39, 0.29) is 0 Å². The zero-order valence-electron chi connectivity index (χ0n) is 26.9. The molecule has 0 saturated heterocycles. The summed E-state index contributed by atoms with van der Waals surface area (Å²) in [4.78, 5) is 2.40. The number of para-hydroxylation sites is 3. The Kier molecular flexibility index (Phi) is 6.03. The summed E-state index contributed by atoms with van der Waals surface area (Å²) in [5, 5.41) is 10.5. The maximum Gasteiger partial charge on any atom is 0.0542 e. The number of hydrogen-bond acceptors (Lipinski definition) is 3. The highest BCUT2D eigenvalue weighted by atomic mass is 32.1. The van der Waals surface area contributed by atoms with Crippen molar-refractivity contribution >= 4 is 113 Å². The van der Waals surface area contributed by atoms with Gasteiger partial charge in [0.25, 0.3) is 0 Å². The van der Waals surface area contributed by atoms with Gasteiger partial charge in [0.2, 0.25) is 0 Å². The van der Waals surface area contributed by atoms with Gasteiger partial charge in [0.15, 0.2) is 0 Å². The van der Waals surface area contributed by atoms with Crippen LogP contribution in [0.2, 0.25) is 0 Å². The number of aromatic nitrogens is 1. The van der Waals surface area contributed by atoms with E-state index in [0.717, 1.165) is 17.1 Å². The molecule has 0 aliphatic heterocycles. The average molecular weight is 673 g/mol. The minimum absolute atomic E-state index is 1.14. The van der Waals surface area contributed by atoms with Crippen molar-refractivity contribution in [3.63, 3.8) is 0 Å². The summed E-state index contributed by atoms with van der Waals surface area (Å²) < 4.78 is 7.75. The van der Waals surface area contributed by atoms with E-state index in [2.05, 4.69) is 179 Å². The van der Waals surface area contributed by atoms with Gasteiger partial charge in [-0.3, -0.25) is 0 Å². The molecular weight excluding hydrogens is 645 g/mol. The Morgan fingerprint density at radius 2 is 0.860 bits per heavy atom. The minimum atomic E-state index is 1.14. The lowest BCUT2D eigenvalue weighted by Crippen LogP contribution is -2.09. The molecule has 8 aromatic carbocycles. The molecule has 3 heterocycles. The van der Waals surface area contributed by atoms with Crippen LogP contribution >= 0.6 is 22.7 Å². The summed E-state index contributed by atoms with van der Waals surface area (Å²) in [6.45, 7) is 0. The van der Waals surface area contributed by atoms with Gasteiger partial charge in [-0.2, -0.15) is 0 Å². The van der Waals surface area contributed by atoms with Gasteiger partial charge in [-0.1, -0.05) is 103 Å². The monoisotopic (exact) mass is 672 g/mol. The zero-order chi connectivity index (χ0) is 32.8. The number of fused-ring (bicyclic) bond motifs is 12. The fourth-order valence-electron chi connectivity index (χ4n) is 7.93. The molecule has 2 nitrogen and oxygen atoms in total. The van der Waals surface area contributed by atoms with Crippen LogP contribution in [0.5, 0.6) is 0 Å². The minimum Gasteiger partial charge on any atom is -0.310 e. The molecule has 0 unspecified atom stereocenters. The predicted octanol–water partition coefficient (Wildman–Crippen LogP) is 14.1. The molecule has 0 aliphatic carbocycles. The molecule has 0 aliphatic rings. The Labute approximate surface area is 296 Å². The highest BCUT2D eigenvalue weighted by molar-refractivity contribution is 7.28. The summed E-state index contributed by atoms with van der Waals surface area (Å²) in [6.07, 6.45) is 0. The smallest absolute Gasteiger partial charge is 0.0542 e. The van der Waals surface area contributed by atoms with Crippen LogP contribution in [0.3, 0.4) is 0 Å². The van der Waals surface area contributed by atoms with E-state index in [1.807, 2.05) is 22.7 Å². The second-order valence-electron chi connectivity index (χ2n) is 12.9. The molecule has 3 aromatic heterocycles. The number of thiophene rings is 2. The molecule has 11 aromatic rings. The Balaban J connectivity index is 1.11. The molecule has 0 saturated carbocycles. The van der Waals surface area contributed by atoms with Gasteiger partial charge in [0.05, 0.1) is 11.0 Å². The van der Waals surface area contributed by atoms with E-state index in [9.17, 15) is 0 Å². The first kappa shape index (κ1) is 28.0. The maximum absolute atomic E-state index is 2.40. The van der Waals surface area contributed by atoms with Crippen molar-refractivity contribution in [2.75, 3.05) is 4.90 Å². The number of anilines is 3. The number of nitrogens with zero attached hydrogens (tertiary/aromatic N) is 2. The summed E-state index contributed by atoms with van der Waals surface area (Å²) in [6, 6.07) is 62.2. The lowest BCUT2D eigenvalue weighted by atomic mass is 10.0. The maximum atomic E-state index is 2.40. The molecule has 0 radical (unpaired) electrons. The molecule has 50 heavy (non-hydrogen) atoms. The van der Waals surface area contributed by atoms with Crippen molar-refractivity contribution in [2.45, 2.75) is 0 Å². The van der Waals surface area contributed by atoms with Crippen molar-refractivity contribution in [1.82, 2.24) is 4.57 Å². The predicted molar refractivity (Wildman–Crippen MR) is 219 cm³/mol. The normalized spacial score (nSPS) is 12.0. The largest absolute Gasteiger partial charge is 0.310 e. The van der Waals surface area contributed by atoms with E-state index in [4.69, 9.17) is 0 Å². The Bertz CT molecular complexity index is 3100. The molecule has 0 atom stereocenters. The molecule has 11 rings (SSSR count). The van der Waals surface area contributed by atoms with Crippen molar-refractivity contribution in [3.8, 4) is 5.69 Å². The van der Waals surface area contributed by atoms with Crippen LogP contribution in [0.4, 0.5) is 17.1 Å². The van der Waals surface area contributed by atoms with Crippen LogP contribution in [-0.4, -0.2) is 4.57 Å². The second kappa shape index (κ2) is 10.8. The summed E-state index contributed by atoms with van der Waals surface area (Å²) in [5.41, 5.74) is 7.01. The van der Waals surface area contributed by atoms with Crippen molar-refractivity contribution in [1.29, 1.82) is 0 Å². The van der Waals surface area contributed by atoms with E-state index in [1.54, 1.807) is 0 Å². The van der Waals surface area contributed by atoms with Gasteiger partial charge in [0.1, 0.15) is 0 Å². The van der Waals surface area contributed by atoms with E-state index >= 15 is 0 Å². The van der Waals surface area contributed by atoms with E-state index in [1.165, 1.54) is 78.6 Å². The first-order valence-corrected chi connectivity index (χ1v) is 18.6. The summed E-state index contributed by atoms with van der Waals surface area (Å²) >= 11 is 3.81.